The monoisotopic (exact) mass is 141 g/mol. The molecule has 10 heavy (non-hydrogen) atoms. The van der Waals surface area contributed by atoms with Crippen molar-refractivity contribution in [1.82, 2.24) is 0 Å². The quantitative estimate of drug-likeness (QED) is 0.550. The Kier molecular flexibility index (Phi) is 2.09. The van der Waals surface area contributed by atoms with E-state index in [9.17, 15) is 5.11 Å². The van der Waals surface area contributed by atoms with Crippen LogP contribution in [-0.2, 0) is 0 Å². The van der Waals surface area contributed by atoms with E-state index in [2.05, 4.69) is 11.7 Å². The van der Waals surface area contributed by atoms with Gasteiger partial charge in [-0.3, -0.25) is 4.99 Å². The topological polar surface area (TPSA) is 32.6 Å². The molecule has 2 atom stereocenters. The van der Waals surface area contributed by atoms with Gasteiger partial charge in [0.1, 0.15) is 0 Å². The Balaban J connectivity index is 2.59. The Morgan fingerprint density at radius 1 is 1.60 bits per heavy atom. The van der Waals surface area contributed by atoms with Gasteiger partial charge in [-0.1, -0.05) is 12.8 Å². The van der Waals surface area contributed by atoms with Crippen molar-refractivity contribution >= 4 is 6.72 Å². The first-order chi connectivity index (χ1) is 4.67. The fraction of sp³-hybridized carbons (Fsp3) is 0.875. The molecule has 0 aromatic heterocycles. The minimum atomic E-state index is -0.583. The maximum absolute atomic E-state index is 9.70. The molecule has 1 fully saturated rings. The van der Waals surface area contributed by atoms with Crippen LogP contribution in [-0.4, -0.2) is 23.5 Å². The highest BCUT2D eigenvalue weighted by Gasteiger charge is 2.33. The summed E-state index contributed by atoms with van der Waals surface area (Å²) in [6, 6.07) is 0.0706. The SMILES string of the molecule is C=NC1CCCCC1(C)O. The van der Waals surface area contributed by atoms with Crippen LogP contribution < -0.4 is 0 Å². The van der Waals surface area contributed by atoms with Crippen LogP contribution in [0.5, 0.6) is 0 Å². The normalized spacial score (nSPS) is 41.2. The lowest BCUT2D eigenvalue weighted by atomic mass is 9.82. The summed E-state index contributed by atoms with van der Waals surface area (Å²) in [7, 11) is 0. The highest BCUT2D eigenvalue weighted by molar-refractivity contribution is 5.25. The van der Waals surface area contributed by atoms with E-state index in [-0.39, 0.29) is 6.04 Å². The average molecular weight is 141 g/mol. The second-order valence-electron chi connectivity index (χ2n) is 3.30. The number of hydrogen-bond acceptors (Lipinski definition) is 2. The molecule has 1 saturated carbocycles. The van der Waals surface area contributed by atoms with Crippen molar-refractivity contribution in [3.05, 3.63) is 0 Å². The largest absolute Gasteiger partial charge is 0.388 e. The molecule has 2 nitrogen and oxygen atoms in total. The smallest absolute Gasteiger partial charge is 0.0841 e. The van der Waals surface area contributed by atoms with Gasteiger partial charge < -0.3 is 5.11 Å². The number of hydrogen-bond donors (Lipinski definition) is 1. The molecule has 0 aliphatic heterocycles. The summed E-state index contributed by atoms with van der Waals surface area (Å²) in [5, 5.41) is 9.70. The summed E-state index contributed by atoms with van der Waals surface area (Å²) >= 11 is 0. The molecule has 0 radical (unpaired) electrons. The molecule has 1 aliphatic rings. The van der Waals surface area contributed by atoms with Gasteiger partial charge in [0, 0.05) is 0 Å². The predicted octanol–water partition coefficient (Wildman–Crippen LogP) is 1.38. The summed E-state index contributed by atoms with van der Waals surface area (Å²) < 4.78 is 0. The molecule has 1 aliphatic carbocycles. The Morgan fingerprint density at radius 2 is 2.30 bits per heavy atom. The second-order valence-corrected chi connectivity index (χ2v) is 3.30. The zero-order valence-corrected chi connectivity index (χ0v) is 6.51. The second kappa shape index (κ2) is 2.70. The van der Waals surface area contributed by atoms with E-state index in [1.165, 1.54) is 6.42 Å². The molecule has 58 valence electrons. The average Bonchev–Trinajstić information content (AvgIpc) is 1.87. The van der Waals surface area contributed by atoms with E-state index in [0.717, 1.165) is 19.3 Å². The molecule has 0 bridgehead atoms. The number of nitrogens with zero attached hydrogens (tertiary/aromatic N) is 1. The minimum absolute atomic E-state index is 0.0706. The Morgan fingerprint density at radius 3 is 2.70 bits per heavy atom. The van der Waals surface area contributed by atoms with E-state index in [1.54, 1.807) is 0 Å². The third-order valence-corrected chi connectivity index (χ3v) is 2.35. The van der Waals surface area contributed by atoms with Crippen LogP contribution in [0.1, 0.15) is 32.6 Å². The van der Waals surface area contributed by atoms with Gasteiger partial charge in [-0.05, 0) is 26.5 Å². The van der Waals surface area contributed by atoms with Crippen molar-refractivity contribution in [2.75, 3.05) is 0 Å². The van der Waals surface area contributed by atoms with Crippen LogP contribution in [0, 0.1) is 0 Å². The molecule has 0 spiro atoms. The minimum Gasteiger partial charge on any atom is -0.388 e. The summed E-state index contributed by atoms with van der Waals surface area (Å²) in [6.07, 6.45) is 4.17. The molecule has 0 aromatic carbocycles. The Hall–Kier alpha value is -0.370. The zero-order chi connectivity index (χ0) is 7.61. The van der Waals surface area contributed by atoms with Gasteiger partial charge in [-0.2, -0.15) is 0 Å². The van der Waals surface area contributed by atoms with Crippen molar-refractivity contribution in [3.8, 4) is 0 Å². The Bertz CT molecular complexity index is 131. The third kappa shape index (κ3) is 1.37. The van der Waals surface area contributed by atoms with E-state index in [1.807, 2.05) is 6.92 Å². The number of aliphatic hydroxyl groups is 1. The highest BCUT2D eigenvalue weighted by atomic mass is 16.3. The molecule has 2 heteroatoms. The number of rotatable bonds is 1. The van der Waals surface area contributed by atoms with Crippen LogP contribution in [0.3, 0.4) is 0 Å². The standard InChI is InChI=1S/C8H15NO/c1-8(10)6-4-3-5-7(8)9-2/h7,10H,2-6H2,1H3. The first-order valence-electron chi connectivity index (χ1n) is 3.85. The number of aliphatic imine (C=N–C) groups is 1. The van der Waals surface area contributed by atoms with Gasteiger partial charge in [0.2, 0.25) is 0 Å². The van der Waals surface area contributed by atoms with Gasteiger partial charge in [0.05, 0.1) is 11.6 Å². The van der Waals surface area contributed by atoms with Gasteiger partial charge in [0.15, 0.2) is 0 Å². The van der Waals surface area contributed by atoms with Crippen LogP contribution >= 0.6 is 0 Å². The summed E-state index contributed by atoms with van der Waals surface area (Å²) in [4.78, 5) is 3.90. The highest BCUT2D eigenvalue weighted by Crippen LogP contribution is 2.29. The summed E-state index contributed by atoms with van der Waals surface area (Å²) in [5.74, 6) is 0. The van der Waals surface area contributed by atoms with E-state index >= 15 is 0 Å². The molecule has 2 unspecified atom stereocenters. The molecule has 0 amide bonds. The fourth-order valence-corrected chi connectivity index (χ4v) is 1.59. The zero-order valence-electron chi connectivity index (χ0n) is 6.51. The first-order valence-corrected chi connectivity index (χ1v) is 3.85. The third-order valence-electron chi connectivity index (χ3n) is 2.35. The molecular formula is C8H15NO. The first kappa shape index (κ1) is 7.73. The van der Waals surface area contributed by atoms with E-state index < -0.39 is 5.60 Å². The lowest BCUT2D eigenvalue weighted by Gasteiger charge is -2.34. The molecule has 1 N–H and O–H groups in total. The van der Waals surface area contributed by atoms with Crippen molar-refractivity contribution < 1.29 is 5.11 Å². The molecule has 0 heterocycles. The van der Waals surface area contributed by atoms with Crippen molar-refractivity contribution in [3.63, 3.8) is 0 Å². The van der Waals surface area contributed by atoms with Gasteiger partial charge >= 0.3 is 0 Å². The molecular weight excluding hydrogens is 126 g/mol. The lowest BCUT2D eigenvalue weighted by molar-refractivity contribution is 0.00480. The van der Waals surface area contributed by atoms with Crippen molar-refractivity contribution in [2.45, 2.75) is 44.2 Å². The van der Waals surface area contributed by atoms with E-state index in [4.69, 9.17) is 0 Å². The lowest BCUT2D eigenvalue weighted by Crippen LogP contribution is -2.40. The molecule has 0 aromatic rings. The molecule has 0 saturated heterocycles. The van der Waals surface area contributed by atoms with Crippen molar-refractivity contribution in [2.24, 2.45) is 4.99 Å². The van der Waals surface area contributed by atoms with Crippen molar-refractivity contribution in [1.29, 1.82) is 0 Å². The van der Waals surface area contributed by atoms with Gasteiger partial charge in [-0.25, -0.2) is 0 Å². The Labute approximate surface area is 62.0 Å². The van der Waals surface area contributed by atoms with E-state index in [0.29, 0.717) is 0 Å². The van der Waals surface area contributed by atoms with Gasteiger partial charge in [-0.15, -0.1) is 0 Å². The maximum Gasteiger partial charge on any atom is 0.0841 e. The maximum atomic E-state index is 9.70. The summed E-state index contributed by atoms with van der Waals surface area (Å²) in [6.45, 7) is 5.32. The summed E-state index contributed by atoms with van der Waals surface area (Å²) in [5.41, 5.74) is -0.583. The van der Waals surface area contributed by atoms with Crippen LogP contribution in [0.15, 0.2) is 4.99 Å². The predicted molar refractivity (Wildman–Crippen MR) is 42.4 cm³/mol. The molecule has 1 rings (SSSR count). The van der Waals surface area contributed by atoms with Crippen LogP contribution in [0.4, 0.5) is 0 Å². The van der Waals surface area contributed by atoms with Gasteiger partial charge in [0.25, 0.3) is 0 Å². The van der Waals surface area contributed by atoms with Crippen LogP contribution in [0.2, 0.25) is 0 Å². The van der Waals surface area contributed by atoms with Crippen LogP contribution in [0.25, 0.3) is 0 Å². The fourth-order valence-electron chi connectivity index (χ4n) is 1.59.